The van der Waals surface area contributed by atoms with Gasteiger partial charge in [0.25, 0.3) is 0 Å². The number of methoxy groups -OCH3 is 1. The Morgan fingerprint density at radius 2 is 2.06 bits per heavy atom. The van der Waals surface area contributed by atoms with Crippen LogP contribution in [0.2, 0.25) is 0 Å². The number of rotatable bonds is 3. The third kappa shape index (κ3) is 2.02. The van der Waals surface area contributed by atoms with Crippen molar-refractivity contribution in [2.45, 2.75) is 13.8 Å². The van der Waals surface area contributed by atoms with Gasteiger partial charge in [0.1, 0.15) is 5.58 Å². The maximum Gasteiger partial charge on any atom is 0.200 e. The van der Waals surface area contributed by atoms with Gasteiger partial charge in [-0.15, -0.1) is 0 Å². The highest BCUT2D eigenvalue weighted by Crippen LogP contribution is 2.28. The highest BCUT2D eigenvalue weighted by molar-refractivity contribution is 5.98. The highest BCUT2D eigenvalue weighted by atomic mass is 19.1. The van der Waals surface area contributed by atoms with Crippen molar-refractivity contribution in [3.63, 3.8) is 0 Å². The zero-order valence-corrected chi connectivity index (χ0v) is 9.91. The van der Waals surface area contributed by atoms with E-state index in [-0.39, 0.29) is 23.2 Å². The smallest absolute Gasteiger partial charge is 0.200 e. The van der Waals surface area contributed by atoms with E-state index in [4.69, 9.17) is 9.15 Å². The minimum atomic E-state index is -0.502. The third-order valence-electron chi connectivity index (χ3n) is 2.56. The van der Waals surface area contributed by atoms with Crippen molar-refractivity contribution in [1.29, 1.82) is 0 Å². The molecule has 0 amide bonds. The van der Waals surface area contributed by atoms with Gasteiger partial charge < -0.3 is 9.15 Å². The van der Waals surface area contributed by atoms with Gasteiger partial charge in [0.2, 0.25) is 5.78 Å². The predicted molar refractivity (Wildman–Crippen MR) is 61.9 cm³/mol. The van der Waals surface area contributed by atoms with Crippen LogP contribution in [0.4, 0.5) is 4.39 Å². The maximum absolute atomic E-state index is 13.4. The lowest BCUT2D eigenvalue weighted by molar-refractivity contribution is 0.0913. The van der Waals surface area contributed by atoms with Gasteiger partial charge in [-0.1, -0.05) is 13.8 Å². The van der Waals surface area contributed by atoms with Crippen LogP contribution in [0.5, 0.6) is 5.75 Å². The lowest BCUT2D eigenvalue weighted by Gasteiger charge is -1.99. The molecule has 0 spiro atoms. The number of fused-ring (bicyclic) bond motifs is 1. The van der Waals surface area contributed by atoms with Crippen LogP contribution in [-0.2, 0) is 0 Å². The second-order valence-corrected chi connectivity index (χ2v) is 4.15. The van der Waals surface area contributed by atoms with E-state index in [2.05, 4.69) is 0 Å². The normalized spacial score (nSPS) is 11.1. The number of hydrogen-bond donors (Lipinski definition) is 0. The van der Waals surface area contributed by atoms with Crippen LogP contribution < -0.4 is 4.74 Å². The van der Waals surface area contributed by atoms with Gasteiger partial charge in [-0.2, -0.15) is 0 Å². The van der Waals surface area contributed by atoms with Crippen LogP contribution in [0.15, 0.2) is 22.6 Å². The van der Waals surface area contributed by atoms with Crippen molar-refractivity contribution in [3.05, 3.63) is 29.8 Å². The molecular formula is C13H13FO3. The Morgan fingerprint density at radius 3 is 2.65 bits per heavy atom. The summed E-state index contributed by atoms with van der Waals surface area (Å²) in [5.41, 5.74) is 0.354. The average molecular weight is 236 g/mol. The van der Waals surface area contributed by atoms with E-state index in [9.17, 15) is 9.18 Å². The summed E-state index contributed by atoms with van der Waals surface area (Å²) < 4.78 is 23.6. The van der Waals surface area contributed by atoms with Crippen LogP contribution in [0.3, 0.4) is 0 Å². The summed E-state index contributed by atoms with van der Waals surface area (Å²) in [6, 6.07) is 4.36. The lowest BCUT2D eigenvalue weighted by atomic mass is 10.1. The Labute approximate surface area is 98.2 Å². The van der Waals surface area contributed by atoms with Crippen molar-refractivity contribution >= 4 is 16.8 Å². The molecule has 17 heavy (non-hydrogen) atoms. The number of ether oxygens (including phenoxy) is 1. The molecule has 4 heteroatoms. The molecule has 90 valence electrons. The average Bonchev–Trinajstić information content (AvgIpc) is 2.69. The zero-order valence-electron chi connectivity index (χ0n) is 9.91. The molecule has 0 aliphatic rings. The summed E-state index contributed by atoms with van der Waals surface area (Å²) in [5.74, 6) is -0.356. The number of furan rings is 1. The minimum Gasteiger partial charge on any atom is -0.494 e. The van der Waals surface area contributed by atoms with Crippen LogP contribution in [0.25, 0.3) is 11.0 Å². The van der Waals surface area contributed by atoms with Gasteiger partial charge in [-0.05, 0) is 12.1 Å². The molecule has 0 bridgehead atoms. The van der Waals surface area contributed by atoms with E-state index in [1.807, 2.05) is 0 Å². The summed E-state index contributed by atoms with van der Waals surface area (Å²) >= 11 is 0. The van der Waals surface area contributed by atoms with Crippen molar-refractivity contribution in [2.24, 2.45) is 5.92 Å². The first-order chi connectivity index (χ1) is 8.02. The van der Waals surface area contributed by atoms with Crippen LogP contribution >= 0.6 is 0 Å². The Morgan fingerprint density at radius 1 is 1.35 bits per heavy atom. The topological polar surface area (TPSA) is 39.4 Å². The molecule has 1 aromatic carbocycles. The van der Waals surface area contributed by atoms with Gasteiger partial charge in [-0.3, -0.25) is 4.79 Å². The quantitative estimate of drug-likeness (QED) is 0.766. The molecule has 0 aliphatic carbocycles. The number of benzene rings is 1. The number of carbonyl (C=O) groups is 1. The molecule has 0 aliphatic heterocycles. The molecule has 0 saturated carbocycles. The monoisotopic (exact) mass is 236 g/mol. The van der Waals surface area contributed by atoms with E-state index < -0.39 is 5.82 Å². The van der Waals surface area contributed by atoms with Crippen molar-refractivity contribution in [1.82, 2.24) is 0 Å². The van der Waals surface area contributed by atoms with E-state index in [1.54, 1.807) is 19.9 Å². The van der Waals surface area contributed by atoms with Crippen LogP contribution in [0, 0.1) is 11.7 Å². The number of ketones is 1. The van der Waals surface area contributed by atoms with Crippen molar-refractivity contribution in [3.8, 4) is 5.75 Å². The SMILES string of the molecule is COc1cc2cc(C(=O)C(C)C)oc2cc1F. The molecule has 3 nitrogen and oxygen atoms in total. The zero-order chi connectivity index (χ0) is 12.6. The molecule has 2 aromatic rings. The van der Waals surface area contributed by atoms with Crippen LogP contribution in [-0.4, -0.2) is 12.9 Å². The summed E-state index contributed by atoms with van der Waals surface area (Å²) in [5, 5.41) is 0.659. The Hall–Kier alpha value is -1.84. The molecular weight excluding hydrogens is 223 g/mol. The summed E-state index contributed by atoms with van der Waals surface area (Å²) in [7, 11) is 1.39. The number of hydrogen-bond acceptors (Lipinski definition) is 3. The fraction of sp³-hybridized carbons (Fsp3) is 0.308. The van der Waals surface area contributed by atoms with Gasteiger partial charge >= 0.3 is 0 Å². The molecule has 2 rings (SSSR count). The molecule has 0 radical (unpaired) electrons. The van der Waals surface area contributed by atoms with Crippen LogP contribution in [0.1, 0.15) is 24.4 Å². The van der Waals surface area contributed by atoms with E-state index >= 15 is 0 Å². The number of halogens is 1. The molecule has 0 fully saturated rings. The Balaban J connectivity index is 2.54. The third-order valence-corrected chi connectivity index (χ3v) is 2.56. The first kappa shape index (κ1) is 11.6. The number of Topliss-reactive ketones (excluding diaryl/α,β-unsaturated/α-hetero) is 1. The van der Waals surface area contributed by atoms with Gasteiger partial charge in [0.05, 0.1) is 7.11 Å². The summed E-state index contributed by atoms with van der Waals surface area (Å²) in [4.78, 5) is 11.7. The second-order valence-electron chi connectivity index (χ2n) is 4.15. The second kappa shape index (κ2) is 4.20. The van der Waals surface area contributed by atoms with E-state index in [0.717, 1.165) is 0 Å². The van der Waals surface area contributed by atoms with Crippen molar-refractivity contribution < 1.29 is 18.3 Å². The fourth-order valence-electron chi connectivity index (χ4n) is 1.60. The van der Waals surface area contributed by atoms with Gasteiger partial charge in [0, 0.05) is 17.4 Å². The molecule has 1 aromatic heterocycles. The molecule has 0 unspecified atom stereocenters. The standard InChI is InChI=1S/C13H13FO3/c1-7(2)13(15)12-5-8-4-11(16-3)9(14)6-10(8)17-12/h4-7H,1-3H3. The predicted octanol–water partition coefficient (Wildman–Crippen LogP) is 3.42. The van der Waals surface area contributed by atoms with Crippen molar-refractivity contribution in [2.75, 3.05) is 7.11 Å². The first-order valence-corrected chi connectivity index (χ1v) is 5.34. The molecule has 1 heterocycles. The Kier molecular flexibility index (Phi) is 2.88. The van der Waals surface area contributed by atoms with E-state index in [0.29, 0.717) is 11.0 Å². The molecule has 0 saturated heterocycles. The highest BCUT2D eigenvalue weighted by Gasteiger charge is 2.17. The number of carbonyl (C=O) groups excluding carboxylic acids is 1. The summed E-state index contributed by atoms with van der Waals surface area (Å²) in [6.45, 7) is 3.58. The minimum absolute atomic E-state index is 0.0967. The fourth-order valence-corrected chi connectivity index (χ4v) is 1.60. The molecule has 0 N–H and O–H groups in total. The van der Waals surface area contributed by atoms with Gasteiger partial charge in [0.15, 0.2) is 17.3 Å². The maximum atomic E-state index is 13.4. The van der Waals surface area contributed by atoms with E-state index in [1.165, 1.54) is 19.2 Å². The Bertz CT molecular complexity index is 569. The lowest BCUT2D eigenvalue weighted by Crippen LogP contribution is -2.05. The largest absolute Gasteiger partial charge is 0.494 e. The van der Waals surface area contributed by atoms with Gasteiger partial charge in [-0.25, -0.2) is 4.39 Å². The molecule has 0 atom stereocenters. The first-order valence-electron chi connectivity index (χ1n) is 5.34. The summed E-state index contributed by atoms with van der Waals surface area (Å²) in [6.07, 6.45) is 0.